The third kappa shape index (κ3) is 5.71. The second-order valence-electron chi connectivity index (χ2n) is 6.73. The zero-order chi connectivity index (χ0) is 21.8. The Bertz CT molecular complexity index is 835. The highest BCUT2D eigenvalue weighted by Crippen LogP contribution is 2.41. The SMILES string of the molecule is NC(=S)c1ccc(SC(Sc2ccc(C(N)=S)cc2)[C@H]2OC[C@@H](O)[C@@H](O)[C@H]2O)cc1. The van der Waals surface area contributed by atoms with Crippen LogP contribution in [0.3, 0.4) is 0 Å². The Balaban J connectivity index is 1.84. The van der Waals surface area contributed by atoms with Crippen LogP contribution in [0.4, 0.5) is 0 Å². The minimum absolute atomic E-state index is 0.0543. The van der Waals surface area contributed by atoms with Crippen molar-refractivity contribution in [2.75, 3.05) is 6.61 Å². The van der Waals surface area contributed by atoms with E-state index in [9.17, 15) is 15.3 Å². The molecule has 3 rings (SSSR count). The third-order valence-corrected chi connectivity index (χ3v) is 7.73. The molecule has 0 saturated carbocycles. The molecule has 6 nitrogen and oxygen atoms in total. The summed E-state index contributed by atoms with van der Waals surface area (Å²) in [6, 6.07) is 14.9. The Kier molecular flexibility index (Phi) is 8.11. The van der Waals surface area contributed by atoms with Gasteiger partial charge in [0.1, 0.15) is 34.4 Å². The molecule has 1 heterocycles. The van der Waals surface area contributed by atoms with Gasteiger partial charge in [0, 0.05) is 20.9 Å². The van der Waals surface area contributed by atoms with Gasteiger partial charge in [-0.15, -0.1) is 23.5 Å². The summed E-state index contributed by atoms with van der Waals surface area (Å²) in [5, 5.41) is 30.5. The third-order valence-electron chi connectivity index (χ3n) is 4.59. The fourth-order valence-electron chi connectivity index (χ4n) is 2.89. The van der Waals surface area contributed by atoms with Crippen molar-refractivity contribution < 1.29 is 20.1 Å². The fraction of sp³-hybridized carbons (Fsp3) is 0.300. The molecule has 0 aliphatic carbocycles. The van der Waals surface area contributed by atoms with E-state index in [-0.39, 0.29) is 11.2 Å². The first kappa shape index (κ1) is 23.4. The summed E-state index contributed by atoms with van der Waals surface area (Å²) >= 11 is 12.9. The van der Waals surface area contributed by atoms with Crippen molar-refractivity contribution in [1.82, 2.24) is 0 Å². The van der Waals surface area contributed by atoms with Crippen molar-refractivity contribution in [3.63, 3.8) is 0 Å². The summed E-state index contributed by atoms with van der Waals surface area (Å²) in [5.41, 5.74) is 12.9. The molecule has 0 spiro atoms. The molecule has 1 saturated heterocycles. The number of thiocarbonyl (C=S) groups is 2. The van der Waals surface area contributed by atoms with Crippen molar-refractivity contribution in [3.8, 4) is 0 Å². The predicted octanol–water partition coefficient (Wildman–Crippen LogP) is 1.65. The number of rotatable bonds is 7. The molecule has 0 radical (unpaired) electrons. The van der Waals surface area contributed by atoms with Gasteiger partial charge in [-0.1, -0.05) is 48.7 Å². The summed E-state index contributed by atoms with van der Waals surface area (Å²) < 4.78 is 5.41. The molecule has 1 fully saturated rings. The molecule has 2 aromatic rings. The van der Waals surface area contributed by atoms with Crippen LogP contribution in [0.2, 0.25) is 0 Å². The minimum atomic E-state index is -1.28. The molecule has 160 valence electrons. The molecule has 4 atom stereocenters. The highest BCUT2D eigenvalue weighted by Gasteiger charge is 2.42. The minimum Gasteiger partial charge on any atom is -0.389 e. The normalized spacial score (nSPS) is 24.0. The lowest BCUT2D eigenvalue weighted by Crippen LogP contribution is -2.55. The van der Waals surface area contributed by atoms with Gasteiger partial charge in [0.2, 0.25) is 0 Å². The predicted molar refractivity (Wildman–Crippen MR) is 128 cm³/mol. The van der Waals surface area contributed by atoms with Gasteiger partial charge in [-0.3, -0.25) is 0 Å². The van der Waals surface area contributed by atoms with Crippen LogP contribution in [0.15, 0.2) is 58.3 Å². The van der Waals surface area contributed by atoms with Crippen LogP contribution in [0.5, 0.6) is 0 Å². The molecule has 2 aromatic carbocycles. The van der Waals surface area contributed by atoms with E-state index in [0.717, 1.165) is 20.9 Å². The molecule has 1 aliphatic rings. The summed E-state index contributed by atoms with van der Waals surface area (Å²) in [4.78, 5) is 2.48. The van der Waals surface area contributed by atoms with E-state index in [0.29, 0.717) is 9.98 Å². The maximum absolute atomic E-state index is 10.5. The smallest absolute Gasteiger partial charge is 0.111 e. The van der Waals surface area contributed by atoms with Crippen LogP contribution in [-0.2, 0) is 4.74 Å². The molecule has 30 heavy (non-hydrogen) atoms. The summed E-state index contributed by atoms with van der Waals surface area (Å²) in [6.07, 6.45) is -4.34. The maximum atomic E-state index is 10.5. The number of aliphatic hydroxyl groups excluding tert-OH is 3. The summed E-state index contributed by atoms with van der Waals surface area (Å²) in [5.74, 6) is 0. The van der Waals surface area contributed by atoms with Gasteiger partial charge in [0.15, 0.2) is 0 Å². The highest BCUT2D eigenvalue weighted by molar-refractivity contribution is 8.17. The van der Waals surface area contributed by atoms with Crippen molar-refractivity contribution in [1.29, 1.82) is 0 Å². The van der Waals surface area contributed by atoms with Crippen LogP contribution < -0.4 is 11.5 Å². The average Bonchev–Trinajstić information content (AvgIpc) is 2.72. The Hall–Kier alpha value is -1.24. The molecular formula is C20H22N2O4S4. The second kappa shape index (κ2) is 10.4. The van der Waals surface area contributed by atoms with E-state index in [1.54, 1.807) is 0 Å². The Morgan fingerprint density at radius 2 is 1.27 bits per heavy atom. The molecule has 0 amide bonds. The number of benzene rings is 2. The fourth-order valence-corrected chi connectivity index (χ4v) is 5.89. The molecule has 0 aromatic heterocycles. The molecule has 10 heteroatoms. The van der Waals surface area contributed by atoms with E-state index in [1.807, 2.05) is 48.5 Å². The lowest BCUT2D eigenvalue weighted by atomic mass is 10.0. The monoisotopic (exact) mass is 482 g/mol. The number of thioether (sulfide) groups is 2. The van der Waals surface area contributed by atoms with E-state index in [1.165, 1.54) is 23.5 Å². The number of aliphatic hydroxyl groups is 3. The molecule has 0 bridgehead atoms. The Morgan fingerprint density at radius 3 is 1.67 bits per heavy atom. The van der Waals surface area contributed by atoms with Gasteiger partial charge in [-0.05, 0) is 24.3 Å². The first-order valence-corrected chi connectivity index (χ1v) is 11.6. The standard InChI is InChI=1S/C20H22N2O4S4/c21-18(27)10-1-5-12(6-2-10)29-20(17-16(25)15(24)14(23)9-26-17)30-13-7-3-11(4-8-13)19(22)28/h1-8,14-17,20,23-25H,9H2,(H2,21,27)(H2,22,28)/t14-,15-,16-,17+/m1/s1. The van der Waals surface area contributed by atoms with Crippen molar-refractivity contribution >= 4 is 57.9 Å². The van der Waals surface area contributed by atoms with E-state index >= 15 is 0 Å². The van der Waals surface area contributed by atoms with Crippen molar-refractivity contribution in [2.24, 2.45) is 11.5 Å². The van der Waals surface area contributed by atoms with E-state index in [2.05, 4.69) is 0 Å². The zero-order valence-electron chi connectivity index (χ0n) is 15.8. The molecule has 0 unspecified atom stereocenters. The molecular weight excluding hydrogens is 460 g/mol. The van der Waals surface area contributed by atoms with Crippen LogP contribution in [0.1, 0.15) is 11.1 Å². The van der Waals surface area contributed by atoms with Crippen molar-refractivity contribution in [2.45, 2.75) is 38.8 Å². The average molecular weight is 483 g/mol. The largest absolute Gasteiger partial charge is 0.389 e. The van der Waals surface area contributed by atoms with Gasteiger partial charge in [0.25, 0.3) is 0 Å². The molecule has 1 aliphatic heterocycles. The van der Waals surface area contributed by atoms with Gasteiger partial charge >= 0.3 is 0 Å². The lowest BCUT2D eigenvalue weighted by Gasteiger charge is -2.38. The second-order valence-corrected chi connectivity index (χ2v) is 10.3. The van der Waals surface area contributed by atoms with Crippen LogP contribution >= 0.6 is 48.0 Å². The summed E-state index contributed by atoms with van der Waals surface area (Å²) in [6.45, 7) is -0.0543. The first-order chi connectivity index (χ1) is 14.3. The number of ether oxygens (including phenoxy) is 1. The van der Waals surface area contributed by atoms with Gasteiger partial charge in [-0.25, -0.2) is 0 Å². The highest BCUT2D eigenvalue weighted by atomic mass is 32.2. The number of hydrogen-bond acceptors (Lipinski definition) is 8. The van der Waals surface area contributed by atoms with E-state index in [4.69, 9.17) is 40.6 Å². The van der Waals surface area contributed by atoms with E-state index < -0.39 is 24.4 Å². The topological polar surface area (TPSA) is 122 Å². The van der Waals surface area contributed by atoms with Gasteiger partial charge < -0.3 is 31.5 Å². The van der Waals surface area contributed by atoms with Crippen LogP contribution in [0.25, 0.3) is 0 Å². The van der Waals surface area contributed by atoms with Gasteiger partial charge in [-0.2, -0.15) is 0 Å². The first-order valence-electron chi connectivity index (χ1n) is 9.05. The van der Waals surface area contributed by atoms with Crippen molar-refractivity contribution in [3.05, 3.63) is 59.7 Å². The lowest BCUT2D eigenvalue weighted by molar-refractivity contribution is -0.181. The number of nitrogens with two attached hydrogens (primary N) is 2. The quantitative estimate of drug-likeness (QED) is 0.226. The van der Waals surface area contributed by atoms with Crippen LogP contribution in [0, 0.1) is 0 Å². The van der Waals surface area contributed by atoms with Gasteiger partial charge in [0.05, 0.1) is 11.2 Å². The summed E-state index contributed by atoms with van der Waals surface area (Å²) in [7, 11) is 0. The number of hydrogen-bond donors (Lipinski definition) is 5. The Labute approximate surface area is 194 Å². The maximum Gasteiger partial charge on any atom is 0.111 e. The zero-order valence-corrected chi connectivity index (χ0v) is 19.0. The van der Waals surface area contributed by atoms with Crippen LogP contribution in [-0.4, -0.2) is 60.9 Å². The molecule has 7 N–H and O–H groups in total. The Morgan fingerprint density at radius 1 is 0.833 bits per heavy atom.